The molecule has 1 aromatic heterocycles. The highest BCUT2D eigenvalue weighted by atomic mass is 32.1. The van der Waals surface area contributed by atoms with E-state index >= 15 is 0 Å². The van der Waals surface area contributed by atoms with Crippen LogP contribution < -0.4 is 20.5 Å². The molecule has 3 aromatic rings. The Morgan fingerprint density at radius 2 is 1.77 bits per heavy atom. The highest BCUT2D eigenvalue weighted by Crippen LogP contribution is 2.28. The monoisotopic (exact) mass is 442 g/mol. The normalized spacial score (nSPS) is 15.1. The van der Waals surface area contributed by atoms with Gasteiger partial charge in [-0.15, -0.1) is 0 Å². The standard InChI is InChI=1S/C20H22N6O2S2/c1-20(2)11-25(24-17(20)27)14-6-8-16(9-7-14)28-12-21-13-4-3-5-15(10-13)26-18(29)22-23-19(26)30/h3-10,21H,11-12H2,1-2H3,(H,22,29)(H,23,30)(H,24,27). The van der Waals surface area contributed by atoms with Crippen molar-refractivity contribution in [2.75, 3.05) is 23.6 Å². The van der Waals surface area contributed by atoms with E-state index in [1.54, 1.807) is 4.57 Å². The van der Waals surface area contributed by atoms with Crippen molar-refractivity contribution in [2.45, 2.75) is 13.8 Å². The summed E-state index contributed by atoms with van der Waals surface area (Å²) >= 11 is 10.5. The van der Waals surface area contributed by atoms with E-state index in [4.69, 9.17) is 29.2 Å². The molecule has 1 fully saturated rings. The number of rotatable bonds is 6. The van der Waals surface area contributed by atoms with Crippen molar-refractivity contribution in [3.05, 3.63) is 58.1 Å². The smallest absolute Gasteiger partial charge is 0.246 e. The molecular weight excluding hydrogens is 420 g/mol. The van der Waals surface area contributed by atoms with Crippen LogP contribution in [0.15, 0.2) is 48.5 Å². The van der Waals surface area contributed by atoms with Crippen LogP contribution >= 0.6 is 24.4 Å². The number of hydrogen-bond donors (Lipinski definition) is 4. The van der Waals surface area contributed by atoms with Crippen molar-refractivity contribution < 1.29 is 9.53 Å². The molecular formula is C20H22N6O2S2. The summed E-state index contributed by atoms with van der Waals surface area (Å²) in [5.41, 5.74) is 5.14. The number of anilines is 2. The van der Waals surface area contributed by atoms with E-state index in [-0.39, 0.29) is 5.91 Å². The van der Waals surface area contributed by atoms with Gasteiger partial charge in [0.2, 0.25) is 5.91 Å². The molecule has 0 radical (unpaired) electrons. The second kappa shape index (κ2) is 7.96. The maximum absolute atomic E-state index is 12.0. The zero-order valence-electron chi connectivity index (χ0n) is 16.6. The molecule has 0 unspecified atom stereocenters. The predicted molar refractivity (Wildman–Crippen MR) is 121 cm³/mol. The molecule has 1 aliphatic rings. The maximum Gasteiger partial charge on any atom is 0.246 e. The Balaban J connectivity index is 1.36. The first-order chi connectivity index (χ1) is 14.3. The number of aromatic nitrogens is 3. The minimum Gasteiger partial charge on any atom is -0.473 e. The molecule has 1 saturated heterocycles. The second-order valence-electron chi connectivity index (χ2n) is 7.62. The van der Waals surface area contributed by atoms with Crippen molar-refractivity contribution in [1.29, 1.82) is 0 Å². The van der Waals surface area contributed by atoms with Gasteiger partial charge in [0.05, 0.1) is 23.3 Å². The number of nitrogens with one attached hydrogen (secondary N) is 4. The molecule has 156 valence electrons. The summed E-state index contributed by atoms with van der Waals surface area (Å²) in [5.74, 6) is 0.749. The fourth-order valence-electron chi connectivity index (χ4n) is 3.16. The molecule has 1 aliphatic heterocycles. The fraction of sp³-hybridized carbons (Fsp3) is 0.250. The number of hydrazine groups is 1. The number of amides is 1. The zero-order chi connectivity index (χ0) is 21.3. The van der Waals surface area contributed by atoms with Crippen LogP contribution in [0.2, 0.25) is 0 Å². The van der Waals surface area contributed by atoms with Gasteiger partial charge in [-0.2, -0.15) is 0 Å². The van der Waals surface area contributed by atoms with E-state index in [0.717, 1.165) is 22.8 Å². The molecule has 0 aliphatic carbocycles. The average molecular weight is 443 g/mol. The number of carbonyl (C=O) groups excluding carboxylic acids is 1. The molecule has 4 rings (SSSR count). The Hall–Kier alpha value is -3.11. The molecule has 30 heavy (non-hydrogen) atoms. The molecule has 0 bridgehead atoms. The lowest BCUT2D eigenvalue weighted by Gasteiger charge is -2.19. The first-order valence-corrected chi connectivity index (χ1v) is 10.2. The Morgan fingerprint density at radius 1 is 1.07 bits per heavy atom. The summed E-state index contributed by atoms with van der Waals surface area (Å²) in [6, 6.07) is 15.3. The number of nitrogens with zero attached hydrogens (tertiary/aromatic N) is 2. The lowest BCUT2D eigenvalue weighted by molar-refractivity contribution is -0.125. The van der Waals surface area contributed by atoms with Gasteiger partial charge in [0.1, 0.15) is 5.75 Å². The SMILES string of the molecule is CC1(C)CN(c2ccc(OCNc3cccc(-n4c(=S)[nH][nH]c4=S)c3)cc2)NC1=O. The van der Waals surface area contributed by atoms with Crippen LogP contribution in [0.3, 0.4) is 0 Å². The summed E-state index contributed by atoms with van der Waals surface area (Å²) in [4.78, 5) is 12.0. The van der Waals surface area contributed by atoms with Crippen molar-refractivity contribution in [3.63, 3.8) is 0 Å². The average Bonchev–Trinajstić information content (AvgIpc) is 3.20. The minimum atomic E-state index is -0.400. The molecule has 0 atom stereocenters. The third kappa shape index (κ3) is 4.10. The van der Waals surface area contributed by atoms with Crippen LogP contribution in [-0.2, 0) is 4.79 Å². The van der Waals surface area contributed by atoms with Crippen LogP contribution in [0.5, 0.6) is 5.75 Å². The number of ether oxygens (including phenoxy) is 1. The maximum atomic E-state index is 12.0. The van der Waals surface area contributed by atoms with Crippen molar-refractivity contribution in [2.24, 2.45) is 5.41 Å². The third-order valence-corrected chi connectivity index (χ3v) is 5.42. The summed E-state index contributed by atoms with van der Waals surface area (Å²) in [6.45, 7) is 4.77. The van der Waals surface area contributed by atoms with E-state index in [1.165, 1.54) is 0 Å². The highest BCUT2D eigenvalue weighted by Gasteiger charge is 2.37. The van der Waals surface area contributed by atoms with E-state index in [2.05, 4.69) is 20.9 Å². The zero-order valence-corrected chi connectivity index (χ0v) is 18.2. The summed E-state index contributed by atoms with van der Waals surface area (Å²) in [6.07, 6.45) is 0. The predicted octanol–water partition coefficient (Wildman–Crippen LogP) is 3.92. The lowest BCUT2D eigenvalue weighted by atomic mass is 9.94. The van der Waals surface area contributed by atoms with E-state index < -0.39 is 5.41 Å². The summed E-state index contributed by atoms with van der Waals surface area (Å²) in [5, 5.41) is 10.7. The number of H-pyrrole nitrogens is 2. The Labute approximate surface area is 183 Å². The molecule has 2 heterocycles. The molecule has 0 saturated carbocycles. The van der Waals surface area contributed by atoms with Crippen LogP contribution in [0, 0.1) is 15.0 Å². The molecule has 0 spiro atoms. The number of hydrogen-bond acceptors (Lipinski definition) is 6. The van der Waals surface area contributed by atoms with Crippen molar-refractivity contribution in [3.8, 4) is 11.4 Å². The quantitative estimate of drug-likeness (QED) is 0.342. The van der Waals surface area contributed by atoms with Gasteiger partial charge in [0.25, 0.3) is 0 Å². The van der Waals surface area contributed by atoms with E-state index in [0.29, 0.717) is 22.8 Å². The molecule has 4 N–H and O–H groups in total. The van der Waals surface area contributed by atoms with Crippen LogP contribution in [0.4, 0.5) is 11.4 Å². The number of aromatic amines is 2. The van der Waals surface area contributed by atoms with Crippen LogP contribution in [0.1, 0.15) is 13.8 Å². The highest BCUT2D eigenvalue weighted by molar-refractivity contribution is 7.72. The van der Waals surface area contributed by atoms with Gasteiger partial charge in [-0.25, -0.2) is 0 Å². The van der Waals surface area contributed by atoms with Gasteiger partial charge >= 0.3 is 0 Å². The Morgan fingerprint density at radius 3 is 2.40 bits per heavy atom. The van der Waals surface area contributed by atoms with Gasteiger partial charge in [0, 0.05) is 5.69 Å². The Bertz CT molecular complexity index is 1150. The molecule has 10 heteroatoms. The van der Waals surface area contributed by atoms with Crippen LogP contribution in [0.25, 0.3) is 5.69 Å². The van der Waals surface area contributed by atoms with Gasteiger partial charge in [-0.3, -0.25) is 30.0 Å². The third-order valence-electron chi connectivity index (χ3n) is 4.86. The largest absolute Gasteiger partial charge is 0.473 e. The second-order valence-corrected chi connectivity index (χ2v) is 8.39. The minimum absolute atomic E-state index is 0.0243. The summed E-state index contributed by atoms with van der Waals surface area (Å²) < 4.78 is 8.55. The van der Waals surface area contributed by atoms with Crippen molar-refractivity contribution >= 4 is 41.7 Å². The lowest BCUT2D eigenvalue weighted by Crippen LogP contribution is -2.33. The van der Waals surface area contributed by atoms with Crippen LogP contribution in [-0.4, -0.2) is 33.9 Å². The van der Waals surface area contributed by atoms with E-state index in [1.807, 2.05) is 67.4 Å². The van der Waals surface area contributed by atoms with E-state index in [9.17, 15) is 4.79 Å². The topological polar surface area (TPSA) is 90.1 Å². The van der Waals surface area contributed by atoms with Gasteiger partial charge in [-0.05, 0) is 80.7 Å². The van der Waals surface area contributed by atoms with Gasteiger partial charge in [-0.1, -0.05) is 6.07 Å². The van der Waals surface area contributed by atoms with Gasteiger partial charge < -0.3 is 10.1 Å². The summed E-state index contributed by atoms with van der Waals surface area (Å²) in [7, 11) is 0. The number of benzene rings is 2. The first-order valence-electron chi connectivity index (χ1n) is 9.39. The molecule has 8 nitrogen and oxygen atoms in total. The molecule has 1 amide bonds. The molecule has 2 aromatic carbocycles. The van der Waals surface area contributed by atoms with Crippen molar-refractivity contribution in [1.82, 2.24) is 20.2 Å². The first kappa shape index (κ1) is 20.2. The Kier molecular flexibility index (Phi) is 5.35. The number of carbonyl (C=O) groups is 1. The van der Waals surface area contributed by atoms with Gasteiger partial charge in [0.15, 0.2) is 16.3 Å². The fourth-order valence-corrected chi connectivity index (χ4v) is 3.72.